The van der Waals surface area contributed by atoms with Gasteiger partial charge in [0.05, 0.1) is 11.4 Å². The molecule has 0 spiro atoms. The first kappa shape index (κ1) is 17.4. The minimum absolute atomic E-state index is 0.0130. The van der Waals surface area contributed by atoms with Gasteiger partial charge in [0.2, 0.25) is 11.8 Å². The average Bonchev–Trinajstić information content (AvgIpc) is 3.10. The molecule has 1 aromatic carbocycles. The minimum Gasteiger partial charge on any atom is -0.354 e. The highest BCUT2D eigenvalue weighted by Crippen LogP contribution is 2.34. The molecule has 0 saturated heterocycles. The number of carbonyl (C=O) groups excluding carboxylic acids is 2. The Bertz CT molecular complexity index is 704. The van der Waals surface area contributed by atoms with E-state index in [9.17, 15) is 9.59 Å². The Morgan fingerprint density at radius 2 is 2.12 bits per heavy atom. The lowest BCUT2D eigenvalue weighted by Crippen LogP contribution is -2.43. The van der Waals surface area contributed by atoms with E-state index in [0.717, 1.165) is 22.1 Å². The van der Waals surface area contributed by atoms with Crippen molar-refractivity contribution in [3.63, 3.8) is 0 Å². The van der Waals surface area contributed by atoms with E-state index in [1.165, 1.54) is 16.6 Å². The zero-order valence-electron chi connectivity index (χ0n) is 13.1. The molecule has 1 N–H and O–H groups in total. The highest BCUT2D eigenvalue weighted by Gasteiger charge is 2.25. The summed E-state index contributed by atoms with van der Waals surface area (Å²) in [5.41, 5.74) is 0.834. The molecule has 0 radical (unpaired) electrons. The number of nitrogens with one attached hydrogen (secondary N) is 1. The van der Waals surface area contributed by atoms with Gasteiger partial charge in [0, 0.05) is 27.8 Å². The maximum atomic E-state index is 12.1. The van der Waals surface area contributed by atoms with E-state index in [1.807, 2.05) is 30.3 Å². The smallest absolute Gasteiger partial charge is 0.240 e. The van der Waals surface area contributed by atoms with Crippen molar-refractivity contribution in [2.75, 3.05) is 29.5 Å². The van der Waals surface area contributed by atoms with Gasteiger partial charge in [-0.15, -0.1) is 23.1 Å². The predicted octanol–water partition coefficient (Wildman–Crippen LogP) is 3.24. The topological polar surface area (TPSA) is 49.4 Å². The predicted molar refractivity (Wildman–Crippen MR) is 103 cm³/mol. The minimum atomic E-state index is -0.109. The Kier molecular flexibility index (Phi) is 6.23. The molecule has 3 rings (SSSR count). The Balaban J connectivity index is 1.44. The second-order valence-corrected chi connectivity index (χ2v) is 8.37. The fourth-order valence-corrected chi connectivity index (χ4v) is 4.99. The maximum Gasteiger partial charge on any atom is 0.240 e. The Hall–Kier alpha value is -1.44. The van der Waals surface area contributed by atoms with Crippen LogP contribution in [-0.4, -0.2) is 36.4 Å². The van der Waals surface area contributed by atoms with Crippen LogP contribution in [0.1, 0.15) is 4.88 Å². The summed E-state index contributed by atoms with van der Waals surface area (Å²) in [6.45, 7) is 0.708. The molecule has 1 aliphatic rings. The van der Waals surface area contributed by atoms with Crippen molar-refractivity contribution in [2.24, 2.45) is 0 Å². The van der Waals surface area contributed by atoms with Crippen LogP contribution in [0.15, 0.2) is 46.7 Å². The number of anilines is 1. The summed E-state index contributed by atoms with van der Waals surface area (Å²) in [5, 5.41) is 4.98. The first-order chi connectivity index (χ1) is 11.7. The number of rotatable bonds is 7. The molecule has 2 amide bonds. The molecule has 24 heavy (non-hydrogen) atoms. The molecule has 2 heterocycles. The van der Waals surface area contributed by atoms with Crippen LogP contribution < -0.4 is 10.2 Å². The number of amides is 2. The van der Waals surface area contributed by atoms with Gasteiger partial charge in [0.25, 0.3) is 0 Å². The van der Waals surface area contributed by atoms with Crippen LogP contribution in [0.4, 0.5) is 5.69 Å². The van der Waals surface area contributed by atoms with Gasteiger partial charge in [-0.05, 0) is 23.6 Å². The molecule has 2 aromatic rings. The summed E-state index contributed by atoms with van der Waals surface area (Å²) in [4.78, 5) is 28.2. The van der Waals surface area contributed by atoms with Crippen molar-refractivity contribution in [2.45, 2.75) is 10.6 Å². The first-order valence-corrected chi connectivity index (χ1v) is 10.6. The van der Waals surface area contributed by atoms with Gasteiger partial charge in [-0.2, -0.15) is 11.8 Å². The monoisotopic (exact) mass is 378 g/mol. The zero-order valence-corrected chi connectivity index (χ0v) is 15.5. The third-order valence-corrected chi connectivity index (χ3v) is 6.62. The van der Waals surface area contributed by atoms with E-state index >= 15 is 0 Å². The maximum absolute atomic E-state index is 12.1. The molecule has 7 heteroatoms. The van der Waals surface area contributed by atoms with E-state index in [0.29, 0.717) is 12.3 Å². The second kappa shape index (κ2) is 8.60. The zero-order chi connectivity index (χ0) is 16.8. The molecule has 0 saturated carbocycles. The molecule has 4 nitrogen and oxygen atoms in total. The lowest BCUT2D eigenvalue weighted by molar-refractivity contribution is -0.122. The van der Waals surface area contributed by atoms with Gasteiger partial charge < -0.3 is 10.2 Å². The fraction of sp³-hybridized carbons (Fsp3) is 0.294. The van der Waals surface area contributed by atoms with E-state index in [4.69, 9.17) is 0 Å². The van der Waals surface area contributed by atoms with Crippen molar-refractivity contribution >= 4 is 52.4 Å². The molecule has 1 aromatic heterocycles. The first-order valence-electron chi connectivity index (χ1n) is 7.63. The number of hydrogen-bond donors (Lipinski definition) is 1. The van der Waals surface area contributed by atoms with Crippen LogP contribution in [0, 0.1) is 0 Å². The van der Waals surface area contributed by atoms with Gasteiger partial charge in [-0.1, -0.05) is 18.2 Å². The molecule has 1 aliphatic heterocycles. The van der Waals surface area contributed by atoms with Crippen LogP contribution in [-0.2, 0) is 15.3 Å². The number of thioether (sulfide) groups is 2. The van der Waals surface area contributed by atoms with Crippen molar-refractivity contribution in [3.05, 3.63) is 46.7 Å². The Labute approximate surface area is 154 Å². The molecule has 0 unspecified atom stereocenters. The standard InChI is InChI=1S/C17H18N2O2S3/c20-16(18-7-9-22-11-13-4-3-8-23-13)10-19-14-5-1-2-6-15(14)24-12-17(19)21/h1-6,8H,7,9-12H2,(H,18,20). The van der Waals surface area contributed by atoms with Crippen molar-refractivity contribution in [1.82, 2.24) is 5.32 Å². The summed E-state index contributed by atoms with van der Waals surface area (Å²) in [6.07, 6.45) is 0. The van der Waals surface area contributed by atoms with E-state index in [2.05, 4.69) is 16.8 Å². The lowest BCUT2D eigenvalue weighted by atomic mass is 10.2. The normalized spacial score (nSPS) is 13.7. The van der Waals surface area contributed by atoms with Crippen LogP contribution in [0.5, 0.6) is 0 Å². The molecular weight excluding hydrogens is 360 g/mol. The molecule has 126 valence electrons. The van der Waals surface area contributed by atoms with E-state index in [1.54, 1.807) is 28.0 Å². The summed E-state index contributed by atoms with van der Waals surface area (Å²) < 4.78 is 0. The second-order valence-electron chi connectivity index (χ2n) is 5.22. The number of para-hydroxylation sites is 1. The van der Waals surface area contributed by atoms with Crippen molar-refractivity contribution in [3.8, 4) is 0 Å². The van der Waals surface area contributed by atoms with Crippen LogP contribution in [0.25, 0.3) is 0 Å². The number of carbonyl (C=O) groups is 2. The summed E-state index contributed by atoms with van der Waals surface area (Å²) in [5.74, 6) is 2.11. The molecule has 0 bridgehead atoms. The third kappa shape index (κ3) is 4.55. The number of hydrogen-bond acceptors (Lipinski definition) is 5. The Morgan fingerprint density at radius 3 is 2.96 bits per heavy atom. The molecule has 0 atom stereocenters. The average molecular weight is 379 g/mol. The number of fused-ring (bicyclic) bond motifs is 1. The van der Waals surface area contributed by atoms with Crippen LogP contribution in [0.3, 0.4) is 0 Å². The van der Waals surface area contributed by atoms with E-state index < -0.39 is 0 Å². The van der Waals surface area contributed by atoms with Gasteiger partial charge >= 0.3 is 0 Å². The molecule has 0 aliphatic carbocycles. The van der Waals surface area contributed by atoms with Crippen LogP contribution >= 0.6 is 34.9 Å². The summed E-state index contributed by atoms with van der Waals surface area (Å²) >= 11 is 5.08. The number of benzene rings is 1. The third-order valence-electron chi connectivity index (χ3n) is 3.50. The highest BCUT2D eigenvalue weighted by molar-refractivity contribution is 8.00. The van der Waals surface area contributed by atoms with Crippen molar-refractivity contribution in [1.29, 1.82) is 0 Å². The Morgan fingerprint density at radius 1 is 1.25 bits per heavy atom. The van der Waals surface area contributed by atoms with Gasteiger partial charge in [-0.25, -0.2) is 0 Å². The van der Waals surface area contributed by atoms with Gasteiger partial charge in [0.1, 0.15) is 6.54 Å². The fourth-order valence-electron chi connectivity index (χ4n) is 2.36. The summed E-state index contributed by atoms with van der Waals surface area (Å²) in [7, 11) is 0. The lowest BCUT2D eigenvalue weighted by Gasteiger charge is -2.28. The molecular formula is C17H18N2O2S3. The quantitative estimate of drug-likeness (QED) is 0.752. The van der Waals surface area contributed by atoms with Gasteiger partial charge in [0.15, 0.2) is 0 Å². The SMILES string of the molecule is O=C(CN1C(=O)CSc2ccccc21)NCCSCc1cccs1. The highest BCUT2D eigenvalue weighted by atomic mass is 32.2. The summed E-state index contributed by atoms with van der Waals surface area (Å²) in [6, 6.07) is 11.9. The largest absolute Gasteiger partial charge is 0.354 e. The molecule has 0 fully saturated rings. The van der Waals surface area contributed by atoms with Crippen molar-refractivity contribution < 1.29 is 9.59 Å². The van der Waals surface area contributed by atoms with E-state index in [-0.39, 0.29) is 18.4 Å². The van der Waals surface area contributed by atoms with Crippen LogP contribution in [0.2, 0.25) is 0 Å². The number of nitrogens with zero attached hydrogens (tertiary/aromatic N) is 1. The number of thiophene rings is 1. The van der Waals surface area contributed by atoms with Gasteiger partial charge in [-0.3, -0.25) is 9.59 Å².